The molecule has 5 rings (SSSR count). The maximum Gasteiger partial charge on any atom is 0.276 e. The molecule has 0 N–H and O–H groups in total. The van der Waals surface area contributed by atoms with Crippen molar-refractivity contribution in [3.05, 3.63) is 119 Å². The Hall–Kier alpha value is -3.80. The number of aromatic nitrogens is 3. The molecule has 5 nitrogen and oxygen atoms in total. The van der Waals surface area contributed by atoms with Crippen LogP contribution in [0.15, 0.2) is 91.1 Å². The van der Waals surface area contributed by atoms with Gasteiger partial charge in [0.1, 0.15) is 11.9 Å². The second-order valence-corrected chi connectivity index (χ2v) is 8.02. The van der Waals surface area contributed by atoms with Gasteiger partial charge >= 0.3 is 0 Å². The average Bonchev–Trinajstić information content (AvgIpc) is 3.51. The lowest BCUT2D eigenvalue weighted by Gasteiger charge is -2.24. The number of halogens is 1. The van der Waals surface area contributed by atoms with Crippen LogP contribution < -0.4 is 0 Å². The Bertz CT molecular complexity index is 1150. The fraction of sp³-hybridized carbons (Fsp3) is 0.192. The van der Waals surface area contributed by atoms with E-state index >= 15 is 0 Å². The van der Waals surface area contributed by atoms with Crippen molar-refractivity contribution in [3.63, 3.8) is 0 Å². The molecule has 1 amide bonds. The standard InChI is InChI=1S/C26H23FN4O/c27-22-15-13-19(14-16-22)24-12-7-17-30(24)26(32)23-18-31(29-28-23)25(20-8-3-1-4-9-20)21-10-5-2-6-11-21/h1-6,8-11,13-16,18,24-25H,7,12,17H2/t24-/m1/s1. The summed E-state index contributed by atoms with van der Waals surface area (Å²) in [6.45, 7) is 0.647. The van der Waals surface area contributed by atoms with Crippen molar-refractivity contribution in [2.75, 3.05) is 6.54 Å². The van der Waals surface area contributed by atoms with Gasteiger partial charge in [-0.1, -0.05) is 78.0 Å². The van der Waals surface area contributed by atoms with Crippen molar-refractivity contribution in [1.29, 1.82) is 0 Å². The van der Waals surface area contributed by atoms with Crippen LogP contribution in [-0.2, 0) is 0 Å². The summed E-state index contributed by atoms with van der Waals surface area (Å²) in [5.74, 6) is -0.427. The molecule has 160 valence electrons. The summed E-state index contributed by atoms with van der Waals surface area (Å²) in [4.78, 5) is 15.2. The molecule has 0 saturated carbocycles. The quantitative estimate of drug-likeness (QED) is 0.450. The summed E-state index contributed by atoms with van der Waals surface area (Å²) < 4.78 is 15.1. The van der Waals surface area contributed by atoms with Gasteiger partial charge in [0, 0.05) is 6.54 Å². The van der Waals surface area contributed by atoms with Crippen LogP contribution in [0.3, 0.4) is 0 Å². The molecule has 1 aromatic heterocycles. The molecule has 0 spiro atoms. The van der Waals surface area contributed by atoms with Crippen molar-refractivity contribution < 1.29 is 9.18 Å². The molecule has 0 radical (unpaired) electrons. The molecule has 1 saturated heterocycles. The van der Waals surface area contributed by atoms with Gasteiger partial charge in [0.25, 0.3) is 5.91 Å². The Morgan fingerprint density at radius 3 is 2.16 bits per heavy atom. The van der Waals surface area contributed by atoms with Gasteiger partial charge in [0.05, 0.1) is 12.2 Å². The van der Waals surface area contributed by atoms with Gasteiger partial charge in [-0.15, -0.1) is 5.10 Å². The summed E-state index contributed by atoms with van der Waals surface area (Å²) in [5, 5.41) is 8.58. The van der Waals surface area contributed by atoms with E-state index in [0.29, 0.717) is 12.2 Å². The maximum absolute atomic E-state index is 13.4. The fourth-order valence-corrected chi connectivity index (χ4v) is 4.46. The molecule has 6 heteroatoms. The van der Waals surface area contributed by atoms with Crippen LogP contribution in [0.4, 0.5) is 4.39 Å². The Morgan fingerprint density at radius 1 is 0.906 bits per heavy atom. The van der Waals surface area contributed by atoms with E-state index in [4.69, 9.17) is 0 Å². The predicted molar refractivity (Wildman–Crippen MR) is 120 cm³/mol. The number of hydrogen-bond donors (Lipinski definition) is 0. The van der Waals surface area contributed by atoms with Gasteiger partial charge in [-0.2, -0.15) is 0 Å². The van der Waals surface area contributed by atoms with Gasteiger partial charge < -0.3 is 4.90 Å². The molecule has 1 aliphatic rings. The molecular formula is C26H23FN4O. The van der Waals surface area contributed by atoms with Crippen LogP contribution in [0.5, 0.6) is 0 Å². The van der Waals surface area contributed by atoms with Gasteiger partial charge in [-0.05, 0) is 41.7 Å². The topological polar surface area (TPSA) is 51.0 Å². The van der Waals surface area contributed by atoms with Crippen LogP contribution in [-0.4, -0.2) is 32.3 Å². The smallest absolute Gasteiger partial charge is 0.276 e. The number of carbonyl (C=O) groups is 1. The maximum atomic E-state index is 13.4. The lowest BCUT2D eigenvalue weighted by molar-refractivity contribution is 0.0729. The molecule has 3 aromatic carbocycles. The molecule has 0 unspecified atom stereocenters. The monoisotopic (exact) mass is 426 g/mol. The lowest BCUT2D eigenvalue weighted by Crippen LogP contribution is -2.30. The molecule has 0 bridgehead atoms. The molecule has 2 heterocycles. The van der Waals surface area contributed by atoms with Crippen LogP contribution in [0, 0.1) is 5.82 Å². The molecule has 32 heavy (non-hydrogen) atoms. The molecular weight excluding hydrogens is 403 g/mol. The molecule has 4 aromatic rings. The molecule has 1 atom stereocenters. The van der Waals surface area contributed by atoms with Crippen molar-refractivity contribution in [2.45, 2.75) is 24.9 Å². The Morgan fingerprint density at radius 2 is 1.53 bits per heavy atom. The number of nitrogens with zero attached hydrogens (tertiary/aromatic N) is 4. The van der Waals surface area contributed by atoms with E-state index in [1.165, 1.54) is 12.1 Å². The van der Waals surface area contributed by atoms with Crippen LogP contribution in [0.1, 0.15) is 52.1 Å². The highest BCUT2D eigenvalue weighted by Crippen LogP contribution is 2.33. The summed E-state index contributed by atoms with van der Waals surface area (Å²) in [6, 6.07) is 26.2. The highest BCUT2D eigenvalue weighted by molar-refractivity contribution is 5.92. The van der Waals surface area contributed by atoms with Crippen molar-refractivity contribution in [1.82, 2.24) is 19.9 Å². The first-order valence-electron chi connectivity index (χ1n) is 10.8. The normalized spacial score (nSPS) is 15.9. The summed E-state index contributed by atoms with van der Waals surface area (Å²) in [5.41, 5.74) is 3.38. The van der Waals surface area contributed by atoms with E-state index in [2.05, 4.69) is 10.3 Å². The number of rotatable bonds is 5. The van der Waals surface area contributed by atoms with Gasteiger partial charge in [-0.25, -0.2) is 9.07 Å². The van der Waals surface area contributed by atoms with Crippen LogP contribution in [0.25, 0.3) is 0 Å². The zero-order chi connectivity index (χ0) is 21.9. The van der Waals surface area contributed by atoms with Crippen LogP contribution in [0.2, 0.25) is 0 Å². The molecule has 1 fully saturated rings. The third-order valence-corrected chi connectivity index (χ3v) is 5.99. The minimum atomic E-state index is -0.277. The zero-order valence-electron chi connectivity index (χ0n) is 17.5. The first-order chi connectivity index (χ1) is 15.7. The Balaban J connectivity index is 1.45. The lowest BCUT2D eigenvalue weighted by atomic mass is 9.99. The van der Waals surface area contributed by atoms with E-state index in [9.17, 15) is 9.18 Å². The van der Waals surface area contributed by atoms with Gasteiger partial charge in [0.15, 0.2) is 5.69 Å². The first-order valence-corrected chi connectivity index (χ1v) is 10.8. The largest absolute Gasteiger partial charge is 0.330 e. The van der Waals surface area contributed by atoms with E-state index in [0.717, 1.165) is 29.5 Å². The third-order valence-electron chi connectivity index (χ3n) is 5.99. The fourth-order valence-electron chi connectivity index (χ4n) is 4.46. The minimum Gasteiger partial charge on any atom is -0.330 e. The number of amides is 1. The minimum absolute atomic E-state index is 0.0766. The van der Waals surface area contributed by atoms with E-state index in [-0.39, 0.29) is 23.8 Å². The van der Waals surface area contributed by atoms with Crippen molar-refractivity contribution >= 4 is 5.91 Å². The summed E-state index contributed by atoms with van der Waals surface area (Å²) >= 11 is 0. The van der Waals surface area contributed by atoms with E-state index < -0.39 is 0 Å². The summed E-state index contributed by atoms with van der Waals surface area (Å²) in [7, 11) is 0. The second-order valence-electron chi connectivity index (χ2n) is 8.02. The number of benzene rings is 3. The highest BCUT2D eigenvalue weighted by atomic mass is 19.1. The molecule has 1 aliphatic heterocycles. The number of likely N-dealkylation sites (tertiary alicyclic amines) is 1. The number of carbonyl (C=O) groups excluding carboxylic acids is 1. The van der Waals surface area contributed by atoms with Gasteiger partial charge in [0.2, 0.25) is 0 Å². The van der Waals surface area contributed by atoms with Crippen LogP contribution >= 0.6 is 0 Å². The SMILES string of the molecule is O=C(c1cn(C(c2ccccc2)c2ccccc2)nn1)N1CCC[C@@H]1c1ccc(F)cc1. The van der Waals surface area contributed by atoms with Gasteiger partial charge in [-0.3, -0.25) is 4.79 Å². The Labute approximate surface area is 186 Å². The first kappa shape index (κ1) is 20.1. The predicted octanol–water partition coefficient (Wildman–Crippen LogP) is 5.03. The number of hydrogen-bond acceptors (Lipinski definition) is 3. The highest BCUT2D eigenvalue weighted by Gasteiger charge is 2.32. The van der Waals surface area contributed by atoms with Crippen molar-refractivity contribution in [2.24, 2.45) is 0 Å². The van der Waals surface area contributed by atoms with Crippen molar-refractivity contribution in [3.8, 4) is 0 Å². The van der Waals surface area contributed by atoms with E-state index in [1.54, 1.807) is 23.0 Å². The Kier molecular flexibility index (Phi) is 5.50. The van der Waals surface area contributed by atoms with E-state index in [1.807, 2.05) is 65.6 Å². The third kappa shape index (κ3) is 3.91. The zero-order valence-corrected chi connectivity index (χ0v) is 17.5. The average molecular weight is 426 g/mol. The second kappa shape index (κ2) is 8.75. The molecule has 0 aliphatic carbocycles. The summed E-state index contributed by atoms with van der Waals surface area (Å²) in [6.07, 6.45) is 3.48.